The Morgan fingerprint density at radius 1 is 1.28 bits per heavy atom. The van der Waals surface area contributed by atoms with Crippen LogP contribution >= 0.6 is 0 Å². The molecule has 0 spiro atoms. The van der Waals surface area contributed by atoms with Crippen LogP contribution in [-0.4, -0.2) is 16.8 Å². The van der Waals surface area contributed by atoms with Gasteiger partial charge in [0, 0.05) is 6.20 Å². The quantitative estimate of drug-likeness (QED) is 0.739. The molecule has 0 bridgehead atoms. The van der Waals surface area contributed by atoms with Gasteiger partial charge in [-0.25, -0.2) is 0 Å². The number of carbonyl (C=O) groups excluding carboxylic acids is 1. The van der Waals surface area contributed by atoms with Gasteiger partial charge in [-0.1, -0.05) is 55.5 Å². The molecule has 2 atom stereocenters. The lowest BCUT2D eigenvalue weighted by atomic mass is 9.85. The number of allylic oxidation sites excluding steroid dienone is 1. The first kappa shape index (κ1) is 12.6. The Hall–Kier alpha value is -1.83. The van der Waals surface area contributed by atoms with Crippen LogP contribution in [0.3, 0.4) is 0 Å². The zero-order valence-electron chi connectivity index (χ0n) is 10.9. The summed E-state index contributed by atoms with van der Waals surface area (Å²) in [7, 11) is 0. The van der Waals surface area contributed by atoms with Crippen molar-refractivity contribution < 1.29 is 4.79 Å². The molecule has 1 aromatic rings. The third-order valence-electron chi connectivity index (χ3n) is 3.34. The zero-order chi connectivity index (χ0) is 13.0. The second-order valence-electron chi connectivity index (χ2n) is 4.50. The average molecular weight is 241 g/mol. The predicted molar refractivity (Wildman–Crippen MR) is 74.7 cm³/mol. The number of likely N-dealkylation sites (tertiary alicyclic amines) is 1. The fourth-order valence-corrected chi connectivity index (χ4v) is 2.35. The van der Waals surface area contributed by atoms with Gasteiger partial charge >= 0.3 is 0 Å². The number of amides is 1. The SMILES string of the molecule is C/C=C\N1C(=O)[C@H](CC)[C@H]1/C=C/c1ccccc1. The average Bonchev–Trinajstić information content (AvgIpc) is 2.41. The molecule has 0 aliphatic carbocycles. The highest BCUT2D eigenvalue weighted by molar-refractivity contribution is 5.88. The van der Waals surface area contributed by atoms with E-state index in [1.807, 2.05) is 42.3 Å². The van der Waals surface area contributed by atoms with Crippen molar-refractivity contribution in [3.8, 4) is 0 Å². The molecule has 1 amide bonds. The highest BCUT2D eigenvalue weighted by atomic mass is 16.2. The maximum atomic E-state index is 11.8. The van der Waals surface area contributed by atoms with Crippen molar-refractivity contribution in [3.05, 3.63) is 54.2 Å². The van der Waals surface area contributed by atoms with Gasteiger partial charge in [-0.3, -0.25) is 4.79 Å². The summed E-state index contributed by atoms with van der Waals surface area (Å²) in [6.07, 6.45) is 8.90. The van der Waals surface area contributed by atoms with E-state index < -0.39 is 0 Å². The molecule has 1 aromatic carbocycles. The molecule has 2 heteroatoms. The highest BCUT2D eigenvalue weighted by Gasteiger charge is 2.42. The van der Waals surface area contributed by atoms with Crippen LogP contribution in [-0.2, 0) is 4.79 Å². The van der Waals surface area contributed by atoms with Crippen LogP contribution in [0.15, 0.2) is 48.7 Å². The number of hydrogen-bond acceptors (Lipinski definition) is 1. The smallest absolute Gasteiger partial charge is 0.232 e. The maximum absolute atomic E-state index is 11.8. The Morgan fingerprint density at radius 2 is 2.00 bits per heavy atom. The Morgan fingerprint density at radius 3 is 2.61 bits per heavy atom. The van der Waals surface area contributed by atoms with Gasteiger partial charge < -0.3 is 4.90 Å². The predicted octanol–water partition coefficient (Wildman–Crippen LogP) is 3.47. The first-order chi connectivity index (χ1) is 8.77. The van der Waals surface area contributed by atoms with E-state index in [9.17, 15) is 4.79 Å². The summed E-state index contributed by atoms with van der Waals surface area (Å²) in [6, 6.07) is 10.4. The van der Waals surface area contributed by atoms with Gasteiger partial charge in [-0.05, 0) is 18.9 Å². The molecule has 1 aliphatic heterocycles. The van der Waals surface area contributed by atoms with E-state index in [-0.39, 0.29) is 17.9 Å². The molecule has 0 radical (unpaired) electrons. The Balaban J connectivity index is 2.11. The molecule has 1 fully saturated rings. The molecule has 0 unspecified atom stereocenters. The molecule has 0 saturated carbocycles. The first-order valence-corrected chi connectivity index (χ1v) is 6.46. The minimum Gasteiger partial charge on any atom is -0.311 e. The van der Waals surface area contributed by atoms with Crippen LogP contribution in [0.5, 0.6) is 0 Å². The van der Waals surface area contributed by atoms with Crippen LogP contribution in [0, 0.1) is 5.92 Å². The summed E-state index contributed by atoms with van der Waals surface area (Å²) in [5, 5.41) is 0. The van der Waals surface area contributed by atoms with E-state index in [1.54, 1.807) is 0 Å². The largest absolute Gasteiger partial charge is 0.311 e. The van der Waals surface area contributed by atoms with E-state index in [0.29, 0.717) is 0 Å². The number of nitrogens with zero attached hydrogens (tertiary/aromatic N) is 1. The van der Waals surface area contributed by atoms with E-state index in [2.05, 4.69) is 31.2 Å². The van der Waals surface area contributed by atoms with Crippen molar-refractivity contribution >= 4 is 12.0 Å². The Bertz CT molecular complexity index is 461. The van der Waals surface area contributed by atoms with Gasteiger partial charge in [-0.15, -0.1) is 0 Å². The second-order valence-corrected chi connectivity index (χ2v) is 4.50. The number of β-lactam (4-membered cyclic amide) rings is 1. The Labute approximate surface area is 109 Å². The van der Waals surface area contributed by atoms with E-state index in [0.717, 1.165) is 6.42 Å². The molecule has 94 valence electrons. The number of rotatable bonds is 4. The third-order valence-corrected chi connectivity index (χ3v) is 3.34. The summed E-state index contributed by atoms with van der Waals surface area (Å²) >= 11 is 0. The molecule has 2 nitrogen and oxygen atoms in total. The summed E-state index contributed by atoms with van der Waals surface area (Å²) in [5.74, 6) is 0.375. The molecular formula is C16H19NO. The minimum absolute atomic E-state index is 0.140. The molecular weight excluding hydrogens is 222 g/mol. The van der Waals surface area contributed by atoms with Gasteiger partial charge in [0.15, 0.2) is 0 Å². The van der Waals surface area contributed by atoms with Crippen molar-refractivity contribution in [2.45, 2.75) is 26.3 Å². The number of benzene rings is 1. The van der Waals surface area contributed by atoms with Gasteiger partial charge in [0.05, 0.1) is 12.0 Å². The molecule has 1 heterocycles. The van der Waals surface area contributed by atoms with Crippen LogP contribution in [0.1, 0.15) is 25.8 Å². The topological polar surface area (TPSA) is 20.3 Å². The molecule has 0 aromatic heterocycles. The fraction of sp³-hybridized carbons (Fsp3) is 0.312. The van der Waals surface area contributed by atoms with Crippen LogP contribution in [0.2, 0.25) is 0 Å². The lowest BCUT2D eigenvalue weighted by Gasteiger charge is -2.43. The fourth-order valence-electron chi connectivity index (χ4n) is 2.35. The zero-order valence-corrected chi connectivity index (χ0v) is 10.9. The van der Waals surface area contributed by atoms with Crippen LogP contribution < -0.4 is 0 Å². The standard InChI is InChI=1S/C16H19NO/c1-3-12-17-15(14(4-2)16(17)18)11-10-13-8-6-5-7-9-13/h3,5-12,14-15H,4H2,1-2H3/b11-10+,12-3-/t14-,15-/m1/s1. The molecule has 2 rings (SSSR count). The Kier molecular flexibility index (Phi) is 3.98. The molecule has 1 aliphatic rings. The summed E-state index contributed by atoms with van der Waals surface area (Å²) < 4.78 is 0. The van der Waals surface area contributed by atoms with E-state index in [4.69, 9.17) is 0 Å². The van der Waals surface area contributed by atoms with Crippen LogP contribution in [0.4, 0.5) is 0 Å². The number of hydrogen-bond donors (Lipinski definition) is 0. The van der Waals surface area contributed by atoms with E-state index in [1.165, 1.54) is 5.56 Å². The molecule has 1 saturated heterocycles. The maximum Gasteiger partial charge on any atom is 0.232 e. The van der Waals surface area contributed by atoms with Gasteiger partial charge in [0.1, 0.15) is 0 Å². The van der Waals surface area contributed by atoms with E-state index >= 15 is 0 Å². The second kappa shape index (κ2) is 5.67. The number of carbonyl (C=O) groups is 1. The van der Waals surface area contributed by atoms with Gasteiger partial charge in [-0.2, -0.15) is 0 Å². The molecule has 18 heavy (non-hydrogen) atoms. The van der Waals surface area contributed by atoms with Gasteiger partial charge in [0.25, 0.3) is 0 Å². The van der Waals surface area contributed by atoms with Crippen LogP contribution in [0.25, 0.3) is 6.08 Å². The lowest BCUT2D eigenvalue weighted by molar-refractivity contribution is -0.148. The lowest BCUT2D eigenvalue weighted by Crippen LogP contribution is -2.56. The minimum atomic E-state index is 0.140. The normalized spacial score (nSPS) is 23.9. The van der Waals surface area contributed by atoms with Gasteiger partial charge in [0.2, 0.25) is 5.91 Å². The van der Waals surface area contributed by atoms with Crippen molar-refractivity contribution in [3.63, 3.8) is 0 Å². The first-order valence-electron chi connectivity index (χ1n) is 6.46. The third kappa shape index (κ3) is 2.37. The summed E-state index contributed by atoms with van der Waals surface area (Å²) in [6.45, 7) is 4.00. The van der Waals surface area contributed by atoms with Crippen molar-refractivity contribution in [1.82, 2.24) is 4.90 Å². The summed E-state index contributed by atoms with van der Waals surface area (Å²) in [5.41, 5.74) is 1.17. The van der Waals surface area contributed by atoms with Crippen molar-refractivity contribution in [1.29, 1.82) is 0 Å². The highest BCUT2D eigenvalue weighted by Crippen LogP contribution is 2.31. The summed E-state index contributed by atoms with van der Waals surface area (Å²) in [4.78, 5) is 13.7. The van der Waals surface area contributed by atoms with Crippen molar-refractivity contribution in [2.75, 3.05) is 0 Å². The monoisotopic (exact) mass is 241 g/mol. The van der Waals surface area contributed by atoms with Crippen molar-refractivity contribution in [2.24, 2.45) is 5.92 Å². The molecule has 0 N–H and O–H groups in total.